The van der Waals surface area contributed by atoms with Crippen LogP contribution in [0.1, 0.15) is 17.8 Å². The van der Waals surface area contributed by atoms with E-state index in [1.807, 2.05) is 0 Å². The highest BCUT2D eigenvalue weighted by Crippen LogP contribution is 2.08. The van der Waals surface area contributed by atoms with Crippen LogP contribution < -0.4 is 5.73 Å². The molecular formula is C5H9N3OS. The molecule has 1 rings (SSSR count). The Kier molecular flexibility index (Phi) is 2.29. The molecule has 1 aromatic rings. The van der Waals surface area contributed by atoms with Gasteiger partial charge in [0.15, 0.2) is 0 Å². The Morgan fingerprint density at radius 2 is 2.40 bits per heavy atom. The Morgan fingerprint density at radius 3 is 2.80 bits per heavy atom. The molecule has 0 aliphatic heterocycles. The second-order valence-electron chi connectivity index (χ2n) is 1.95. The fourth-order valence-electron chi connectivity index (χ4n) is 0.540. The molecule has 0 aromatic carbocycles. The van der Waals surface area contributed by atoms with Crippen molar-refractivity contribution in [1.82, 2.24) is 10.2 Å². The number of thiol groups is 1. The minimum absolute atomic E-state index is 0.246. The van der Waals surface area contributed by atoms with Crippen molar-refractivity contribution < 1.29 is 4.42 Å². The van der Waals surface area contributed by atoms with E-state index in [4.69, 9.17) is 10.2 Å². The monoisotopic (exact) mass is 159 g/mol. The molecule has 2 N–H and O–H groups in total. The molecule has 1 atom stereocenters. The van der Waals surface area contributed by atoms with Crippen LogP contribution in [-0.2, 0) is 0 Å². The number of aromatic nitrogens is 2. The first-order valence-electron chi connectivity index (χ1n) is 2.90. The highest BCUT2D eigenvalue weighted by atomic mass is 32.1. The first-order chi connectivity index (χ1) is 4.74. The fourth-order valence-corrected chi connectivity index (χ4v) is 0.696. The minimum atomic E-state index is -0.246. The highest BCUT2D eigenvalue weighted by molar-refractivity contribution is 7.80. The Balaban J connectivity index is 2.74. The summed E-state index contributed by atoms with van der Waals surface area (Å²) in [4.78, 5) is 0. The molecule has 10 heavy (non-hydrogen) atoms. The third-order valence-corrected chi connectivity index (χ3v) is 1.45. The maximum Gasteiger partial charge on any atom is 0.233 e. The van der Waals surface area contributed by atoms with Gasteiger partial charge in [-0.25, -0.2) is 0 Å². The predicted molar refractivity (Wildman–Crippen MR) is 39.8 cm³/mol. The van der Waals surface area contributed by atoms with Gasteiger partial charge in [0.25, 0.3) is 0 Å². The lowest BCUT2D eigenvalue weighted by atomic mass is 10.4. The van der Waals surface area contributed by atoms with E-state index in [0.29, 0.717) is 17.5 Å². The zero-order valence-electron chi connectivity index (χ0n) is 5.61. The molecule has 0 aliphatic carbocycles. The van der Waals surface area contributed by atoms with Gasteiger partial charge in [0.1, 0.15) is 0 Å². The molecule has 1 unspecified atom stereocenters. The van der Waals surface area contributed by atoms with Crippen LogP contribution in [0, 0.1) is 6.92 Å². The van der Waals surface area contributed by atoms with Crippen LogP contribution in [0.2, 0.25) is 0 Å². The summed E-state index contributed by atoms with van der Waals surface area (Å²) in [6.45, 7) is 1.72. The van der Waals surface area contributed by atoms with Crippen molar-refractivity contribution in [2.45, 2.75) is 13.0 Å². The normalized spacial score (nSPS) is 13.5. The predicted octanol–water partition coefficient (Wildman–Crippen LogP) is 0.308. The zero-order chi connectivity index (χ0) is 7.56. The van der Waals surface area contributed by atoms with Crippen molar-refractivity contribution in [3.63, 3.8) is 0 Å². The summed E-state index contributed by atoms with van der Waals surface area (Å²) in [5.74, 6) is 1.50. The van der Waals surface area contributed by atoms with Gasteiger partial charge in [-0.15, -0.1) is 10.2 Å². The number of nitrogens with two attached hydrogens (primary N) is 1. The van der Waals surface area contributed by atoms with Crippen LogP contribution in [0.15, 0.2) is 4.42 Å². The van der Waals surface area contributed by atoms with Crippen molar-refractivity contribution in [1.29, 1.82) is 0 Å². The van der Waals surface area contributed by atoms with Crippen LogP contribution in [0.3, 0.4) is 0 Å². The number of hydrogen-bond donors (Lipinski definition) is 2. The number of nitrogens with zero attached hydrogens (tertiary/aromatic N) is 2. The second-order valence-corrected chi connectivity index (χ2v) is 2.31. The highest BCUT2D eigenvalue weighted by Gasteiger charge is 2.09. The van der Waals surface area contributed by atoms with E-state index in [2.05, 4.69) is 22.8 Å². The van der Waals surface area contributed by atoms with Gasteiger partial charge >= 0.3 is 0 Å². The van der Waals surface area contributed by atoms with Crippen LogP contribution in [0.25, 0.3) is 0 Å². The van der Waals surface area contributed by atoms with Crippen molar-refractivity contribution in [3.05, 3.63) is 11.8 Å². The molecule has 1 aromatic heterocycles. The lowest BCUT2D eigenvalue weighted by molar-refractivity contribution is 0.444. The standard InChI is InChI=1S/C5H9N3OS/c1-3-7-8-5(9-3)4(6)2-10/h4,10H,2,6H2,1H3. The number of aryl methyl sites for hydroxylation is 1. The molecule has 0 bridgehead atoms. The maximum absolute atomic E-state index is 5.53. The van der Waals surface area contributed by atoms with E-state index >= 15 is 0 Å². The lowest BCUT2D eigenvalue weighted by Crippen LogP contribution is -2.11. The Morgan fingerprint density at radius 1 is 1.70 bits per heavy atom. The fraction of sp³-hybridized carbons (Fsp3) is 0.600. The number of rotatable bonds is 2. The average molecular weight is 159 g/mol. The van der Waals surface area contributed by atoms with Gasteiger partial charge in [0.05, 0.1) is 6.04 Å². The third-order valence-electron chi connectivity index (χ3n) is 1.06. The van der Waals surface area contributed by atoms with E-state index in [1.165, 1.54) is 0 Å². The van der Waals surface area contributed by atoms with Gasteiger partial charge in [-0.1, -0.05) is 0 Å². The summed E-state index contributed by atoms with van der Waals surface area (Å²) in [5.41, 5.74) is 5.53. The van der Waals surface area contributed by atoms with Crippen LogP contribution in [-0.4, -0.2) is 16.0 Å². The summed E-state index contributed by atoms with van der Waals surface area (Å²) in [5, 5.41) is 7.35. The van der Waals surface area contributed by atoms with Crippen molar-refractivity contribution in [2.24, 2.45) is 5.73 Å². The first-order valence-corrected chi connectivity index (χ1v) is 3.53. The summed E-state index contributed by atoms with van der Waals surface area (Å²) in [7, 11) is 0. The zero-order valence-corrected chi connectivity index (χ0v) is 6.51. The van der Waals surface area contributed by atoms with Crippen molar-refractivity contribution in [3.8, 4) is 0 Å². The van der Waals surface area contributed by atoms with Gasteiger partial charge in [-0.2, -0.15) is 12.6 Å². The van der Waals surface area contributed by atoms with Gasteiger partial charge in [-0.3, -0.25) is 0 Å². The largest absolute Gasteiger partial charge is 0.424 e. The Labute approximate surface area is 64.2 Å². The SMILES string of the molecule is Cc1nnc(C(N)CS)o1. The van der Waals surface area contributed by atoms with Crippen molar-refractivity contribution >= 4 is 12.6 Å². The Bertz CT molecular complexity index is 212. The summed E-state index contributed by atoms with van der Waals surface area (Å²) in [6.07, 6.45) is 0. The van der Waals surface area contributed by atoms with E-state index < -0.39 is 0 Å². The second kappa shape index (κ2) is 3.03. The topological polar surface area (TPSA) is 64.9 Å². The van der Waals surface area contributed by atoms with Gasteiger partial charge in [0.2, 0.25) is 11.8 Å². The molecule has 4 nitrogen and oxygen atoms in total. The quantitative estimate of drug-likeness (QED) is 0.609. The summed E-state index contributed by atoms with van der Waals surface area (Å²) in [6, 6.07) is -0.246. The molecular weight excluding hydrogens is 150 g/mol. The lowest BCUT2D eigenvalue weighted by Gasteiger charge is -1.98. The number of hydrogen-bond acceptors (Lipinski definition) is 5. The molecule has 0 spiro atoms. The third kappa shape index (κ3) is 1.48. The minimum Gasteiger partial charge on any atom is -0.424 e. The molecule has 0 aliphatic rings. The van der Waals surface area contributed by atoms with E-state index in [9.17, 15) is 0 Å². The average Bonchev–Trinajstić information content (AvgIpc) is 2.34. The first kappa shape index (κ1) is 7.56. The molecule has 0 amide bonds. The molecule has 0 fully saturated rings. The molecule has 1 heterocycles. The van der Waals surface area contributed by atoms with Gasteiger partial charge < -0.3 is 10.2 Å². The van der Waals surface area contributed by atoms with Gasteiger partial charge in [0, 0.05) is 12.7 Å². The van der Waals surface area contributed by atoms with Crippen LogP contribution in [0.5, 0.6) is 0 Å². The molecule has 0 radical (unpaired) electrons. The maximum atomic E-state index is 5.53. The van der Waals surface area contributed by atoms with E-state index in [-0.39, 0.29) is 6.04 Å². The van der Waals surface area contributed by atoms with Gasteiger partial charge in [-0.05, 0) is 0 Å². The Hall–Kier alpha value is -0.550. The summed E-state index contributed by atoms with van der Waals surface area (Å²) < 4.78 is 5.04. The molecule has 5 heteroatoms. The smallest absolute Gasteiger partial charge is 0.233 e. The van der Waals surface area contributed by atoms with Crippen LogP contribution in [0.4, 0.5) is 0 Å². The van der Waals surface area contributed by atoms with E-state index in [0.717, 1.165) is 0 Å². The molecule has 0 saturated carbocycles. The van der Waals surface area contributed by atoms with E-state index in [1.54, 1.807) is 6.92 Å². The summed E-state index contributed by atoms with van der Waals surface area (Å²) >= 11 is 3.98. The van der Waals surface area contributed by atoms with Crippen LogP contribution >= 0.6 is 12.6 Å². The molecule has 56 valence electrons. The molecule has 0 saturated heterocycles. The van der Waals surface area contributed by atoms with Crippen molar-refractivity contribution in [2.75, 3.05) is 5.75 Å².